The van der Waals surface area contributed by atoms with Gasteiger partial charge in [0.25, 0.3) is 0 Å². The highest BCUT2D eigenvalue weighted by Crippen LogP contribution is 2.32. The van der Waals surface area contributed by atoms with E-state index >= 15 is 0 Å². The molecule has 0 radical (unpaired) electrons. The highest BCUT2D eigenvalue weighted by Gasteiger charge is 2.24. The number of nitrogens with two attached hydrogens (primary N) is 1. The van der Waals surface area contributed by atoms with Gasteiger partial charge in [0.1, 0.15) is 5.75 Å². The van der Waals surface area contributed by atoms with Crippen LogP contribution in [0.5, 0.6) is 5.75 Å². The number of likely N-dealkylation sites (tertiary alicyclic amines) is 1. The summed E-state index contributed by atoms with van der Waals surface area (Å²) in [7, 11) is 0. The molecule has 1 atom stereocenters. The average Bonchev–Trinajstić information content (AvgIpc) is 2.86. The van der Waals surface area contributed by atoms with Gasteiger partial charge < -0.3 is 20.3 Å². The van der Waals surface area contributed by atoms with Gasteiger partial charge in [0, 0.05) is 36.5 Å². The fourth-order valence-electron chi connectivity index (χ4n) is 2.89. The third kappa shape index (κ3) is 2.68. The first-order valence-corrected chi connectivity index (χ1v) is 6.71. The molecule has 104 valence electrons. The lowest BCUT2D eigenvalue weighted by atomic mass is 10.1. The van der Waals surface area contributed by atoms with Gasteiger partial charge in [-0.3, -0.25) is 4.90 Å². The van der Waals surface area contributed by atoms with Gasteiger partial charge in [-0.2, -0.15) is 0 Å². The van der Waals surface area contributed by atoms with Gasteiger partial charge in [-0.05, 0) is 31.0 Å². The van der Waals surface area contributed by atoms with Crippen molar-refractivity contribution in [3.05, 3.63) is 23.3 Å². The molecule has 19 heavy (non-hydrogen) atoms. The number of hydrogen-bond acceptors (Lipinski definition) is 5. The maximum atomic E-state index is 9.20. The summed E-state index contributed by atoms with van der Waals surface area (Å²) in [6.07, 6.45) is 1.06. The maximum absolute atomic E-state index is 9.20. The summed E-state index contributed by atoms with van der Waals surface area (Å²) < 4.78 is 10.9. The van der Waals surface area contributed by atoms with Crippen LogP contribution in [0, 0.1) is 5.92 Å². The zero-order chi connectivity index (χ0) is 13.2. The Bertz CT molecular complexity index is 464. The van der Waals surface area contributed by atoms with Crippen LogP contribution in [0.15, 0.2) is 12.1 Å². The Morgan fingerprint density at radius 3 is 3.11 bits per heavy atom. The highest BCUT2D eigenvalue weighted by molar-refractivity contribution is 5.53. The number of nitrogens with zero attached hydrogens (tertiary/aromatic N) is 1. The van der Waals surface area contributed by atoms with Crippen molar-refractivity contribution in [2.75, 3.05) is 32.2 Å². The van der Waals surface area contributed by atoms with Gasteiger partial charge in [-0.25, -0.2) is 0 Å². The fourth-order valence-corrected chi connectivity index (χ4v) is 2.89. The molecule has 2 heterocycles. The molecule has 0 aliphatic carbocycles. The summed E-state index contributed by atoms with van der Waals surface area (Å²) in [6.45, 7) is 3.93. The van der Waals surface area contributed by atoms with Crippen molar-refractivity contribution in [2.24, 2.45) is 5.92 Å². The second kappa shape index (κ2) is 5.36. The molecule has 0 amide bonds. The van der Waals surface area contributed by atoms with Gasteiger partial charge in [-0.1, -0.05) is 0 Å². The molecule has 1 fully saturated rings. The smallest absolute Gasteiger partial charge is 0.189 e. The molecule has 2 aliphatic heterocycles. The predicted octanol–water partition coefficient (Wildman–Crippen LogP) is 0.950. The molecule has 3 rings (SSSR count). The molecule has 0 bridgehead atoms. The number of rotatable bonds is 3. The van der Waals surface area contributed by atoms with Crippen molar-refractivity contribution < 1.29 is 14.6 Å². The Morgan fingerprint density at radius 2 is 2.32 bits per heavy atom. The SMILES string of the molecule is Nc1cc2c(c(CN3CCC(CO)C3)c1)OCOC2. The summed E-state index contributed by atoms with van der Waals surface area (Å²) in [5.74, 6) is 1.33. The molecule has 0 saturated carbocycles. The fraction of sp³-hybridized carbons (Fsp3) is 0.571. The normalized spacial score (nSPS) is 23.1. The molecule has 3 N–H and O–H groups in total. The van der Waals surface area contributed by atoms with Crippen molar-refractivity contribution >= 4 is 5.69 Å². The lowest BCUT2D eigenvalue weighted by molar-refractivity contribution is -0.0173. The predicted molar refractivity (Wildman–Crippen MR) is 71.6 cm³/mol. The molecule has 5 heteroatoms. The zero-order valence-electron chi connectivity index (χ0n) is 11.0. The largest absolute Gasteiger partial charge is 0.467 e. The Morgan fingerprint density at radius 1 is 1.42 bits per heavy atom. The average molecular weight is 264 g/mol. The van der Waals surface area contributed by atoms with Crippen LogP contribution in [-0.4, -0.2) is 36.5 Å². The molecule has 2 aliphatic rings. The number of aliphatic hydroxyl groups is 1. The number of ether oxygens (including phenoxy) is 2. The third-order valence-corrected chi connectivity index (χ3v) is 3.83. The van der Waals surface area contributed by atoms with Gasteiger partial charge in [0.15, 0.2) is 6.79 Å². The highest BCUT2D eigenvalue weighted by atomic mass is 16.7. The molecule has 0 spiro atoms. The van der Waals surface area contributed by atoms with E-state index in [1.54, 1.807) is 0 Å². The zero-order valence-corrected chi connectivity index (χ0v) is 11.0. The lowest BCUT2D eigenvalue weighted by Gasteiger charge is -2.24. The van der Waals surface area contributed by atoms with E-state index in [0.717, 1.165) is 48.6 Å². The summed E-state index contributed by atoms with van der Waals surface area (Å²) in [6, 6.07) is 3.90. The molecule has 1 aromatic rings. The molecular formula is C14H20N2O3. The van der Waals surface area contributed by atoms with E-state index in [2.05, 4.69) is 4.90 Å². The maximum Gasteiger partial charge on any atom is 0.189 e. The van der Waals surface area contributed by atoms with E-state index in [1.165, 1.54) is 0 Å². The van der Waals surface area contributed by atoms with Crippen molar-refractivity contribution in [1.82, 2.24) is 4.90 Å². The molecule has 0 aromatic heterocycles. The molecule has 5 nitrogen and oxygen atoms in total. The van der Waals surface area contributed by atoms with Crippen molar-refractivity contribution in [3.63, 3.8) is 0 Å². The third-order valence-electron chi connectivity index (χ3n) is 3.83. The Kier molecular flexibility index (Phi) is 3.59. The van der Waals surface area contributed by atoms with Crippen molar-refractivity contribution in [1.29, 1.82) is 0 Å². The number of benzene rings is 1. The second-order valence-electron chi connectivity index (χ2n) is 5.35. The first-order valence-electron chi connectivity index (χ1n) is 6.71. The Labute approximate surface area is 112 Å². The van der Waals surface area contributed by atoms with E-state index < -0.39 is 0 Å². The quantitative estimate of drug-likeness (QED) is 0.796. The monoisotopic (exact) mass is 264 g/mol. The minimum absolute atomic E-state index is 0.274. The van der Waals surface area contributed by atoms with Crippen molar-refractivity contribution in [3.8, 4) is 5.75 Å². The standard InChI is InChI=1S/C14H20N2O3/c15-13-3-11(6-16-2-1-10(5-16)7-17)14-12(4-13)8-18-9-19-14/h3-4,10,17H,1-2,5-9,15H2. The van der Waals surface area contributed by atoms with Crippen LogP contribution >= 0.6 is 0 Å². The van der Waals surface area contributed by atoms with Crippen LogP contribution in [0.1, 0.15) is 17.5 Å². The first kappa shape index (κ1) is 12.7. The van der Waals surface area contributed by atoms with Crippen LogP contribution in [0.3, 0.4) is 0 Å². The van der Waals surface area contributed by atoms with Gasteiger partial charge in [-0.15, -0.1) is 0 Å². The minimum Gasteiger partial charge on any atom is -0.467 e. The first-order chi connectivity index (χ1) is 9.26. The summed E-state index contributed by atoms with van der Waals surface area (Å²) in [5.41, 5.74) is 8.84. The Hall–Kier alpha value is -1.30. The van der Waals surface area contributed by atoms with Crippen LogP contribution in [0.25, 0.3) is 0 Å². The molecular weight excluding hydrogens is 244 g/mol. The van der Waals surface area contributed by atoms with E-state index in [9.17, 15) is 5.11 Å². The van der Waals surface area contributed by atoms with Gasteiger partial charge in [0.2, 0.25) is 0 Å². The van der Waals surface area contributed by atoms with E-state index in [0.29, 0.717) is 19.3 Å². The van der Waals surface area contributed by atoms with Crippen molar-refractivity contribution in [2.45, 2.75) is 19.6 Å². The number of hydrogen-bond donors (Lipinski definition) is 2. The molecule has 1 aromatic carbocycles. The summed E-state index contributed by atoms with van der Waals surface area (Å²) in [5, 5.41) is 9.20. The minimum atomic E-state index is 0.274. The van der Waals surface area contributed by atoms with Crippen LogP contribution in [0.2, 0.25) is 0 Å². The van der Waals surface area contributed by atoms with E-state index in [-0.39, 0.29) is 6.61 Å². The topological polar surface area (TPSA) is 68.0 Å². The second-order valence-corrected chi connectivity index (χ2v) is 5.35. The van der Waals surface area contributed by atoms with Crippen LogP contribution in [0.4, 0.5) is 5.69 Å². The lowest BCUT2D eigenvalue weighted by Crippen LogP contribution is -2.23. The van der Waals surface area contributed by atoms with Crippen LogP contribution < -0.4 is 10.5 Å². The molecule has 1 unspecified atom stereocenters. The van der Waals surface area contributed by atoms with Crippen LogP contribution in [-0.2, 0) is 17.9 Å². The number of nitrogen functional groups attached to an aromatic ring is 1. The number of fused-ring (bicyclic) bond motifs is 1. The summed E-state index contributed by atoms with van der Waals surface area (Å²) in [4.78, 5) is 2.34. The van der Waals surface area contributed by atoms with Gasteiger partial charge in [0.05, 0.1) is 6.61 Å². The summed E-state index contributed by atoms with van der Waals surface area (Å²) >= 11 is 0. The van der Waals surface area contributed by atoms with E-state index in [1.807, 2.05) is 12.1 Å². The number of anilines is 1. The van der Waals surface area contributed by atoms with E-state index in [4.69, 9.17) is 15.2 Å². The Balaban J connectivity index is 1.79. The molecule has 1 saturated heterocycles. The van der Waals surface area contributed by atoms with Gasteiger partial charge >= 0.3 is 0 Å². The number of aliphatic hydroxyl groups excluding tert-OH is 1.